The van der Waals surface area contributed by atoms with Gasteiger partial charge in [0, 0.05) is 24.2 Å². The third-order valence-electron chi connectivity index (χ3n) is 3.94. The Hall–Kier alpha value is -0.660. The van der Waals surface area contributed by atoms with E-state index in [1.165, 1.54) is 4.31 Å². The van der Waals surface area contributed by atoms with Crippen LogP contribution in [0.15, 0.2) is 24.3 Å². The van der Waals surface area contributed by atoms with Gasteiger partial charge in [0.2, 0.25) is 0 Å². The molecule has 1 heterocycles. The zero-order chi connectivity index (χ0) is 15.5. The second-order valence-electron chi connectivity index (χ2n) is 5.47. The quantitative estimate of drug-likeness (QED) is 0.865. The van der Waals surface area contributed by atoms with E-state index >= 15 is 0 Å². The summed E-state index contributed by atoms with van der Waals surface area (Å²) in [6.07, 6.45) is 1.65. The van der Waals surface area contributed by atoms with E-state index in [-0.39, 0.29) is 6.04 Å². The van der Waals surface area contributed by atoms with Gasteiger partial charge in [0.15, 0.2) is 0 Å². The minimum atomic E-state index is -3.46. The molecule has 118 valence electrons. The Labute approximate surface area is 131 Å². The van der Waals surface area contributed by atoms with Crippen molar-refractivity contribution in [3.63, 3.8) is 0 Å². The largest absolute Gasteiger partial charge is 0.330 e. The van der Waals surface area contributed by atoms with Crippen molar-refractivity contribution in [3.8, 4) is 0 Å². The smallest absolute Gasteiger partial charge is 0.279 e. The Kier molecular flexibility index (Phi) is 5.62. The van der Waals surface area contributed by atoms with E-state index in [1.54, 1.807) is 12.1 Å². The highest BCUT2D eigenvalue weighted by molar-refractivity contribution is 7.87. The number of benzene rings is 1. The highest BCUT2D eigenvalue weighted by Gasteiger charge is 2.28. The molecule has 2 rings (SSSR count). The SMILES string of the molecule is CC(NS(=O)(=O)N1CCC(CN)CC1)c1ccc(Cl)cc1. The van der Waals surface area contributed by atoms with Crippen molar-refractivity contribution in [2.75, 3.05) is 19.6 Å². The Morgan fingerprint density at radius 2 is 1.90 bits per heavy atom. The molecule has 0 radical (unpaired) electrons. The lowest BCUT2D eigenvalue weighted by molar-refractivity contribution is 0.274. The molecule has 5 nitrogen and oxygen atoms in total. The molecule has 21 heavy (non-hydrogen) atoms. The molecule has 1 aliphatic rings. The van der Waals surface area contributed by atoms with Crippen LogP contribution in [0.4, 0.5) is 0 Å². The minimum absolute atomic E-state index is 0.292. The number of halogens is 1. The lowest BCUT2D eigenvalue weighted by atomic mass is 9.99. The molecule has 0 saturated carbocycles. The monoisotopic (exact) mass is 331 g/mol. The van der Waals surface area contributed by atoms with Gasteiger partial charge in [-0.05, 0) is 49.9 Å². The van der Waals surface area contributed by atoms with Gasteiger partial charge in [-0.1, -0.05) is 23.7 Å². The van der Waals surface area contributed by atoms with Crippen molar-refractivity contribution >= 4 is 21.8 Å². The average Bonchev–Trinajstić information content (AvgIpc) is 2.47. The molecule has 1 aliphatic heterocycles. The van der Waals surface area contributed by atoms with Gasteiger partial charge in [-0.15, -0.1) is 0 Å². The number of piperidine rings is 1. The van der Waals surface area contributed by atoms with Crippen LogP contribution in [0.5, 0.6) is 0 Å². The average molecular weight is 332 g/mol. The summed E-state index contributed by atoms with van der Waals surface area (Å²) in [6.45, 7) is 3.52. The maximum absolute atomic E-state index is 12.4. The van der Waals surface area contributed by atoms with Crippen LogP contribution in [0, 0.1) is 5.92 Å². The molecule has 7 heteroatoms. The molecule has 0 bridgehead atoms. The van der Waals surface area contributed by atoms with Crippen LogP contribution in [0.2, 0.25) is 5.02 Å². The van der Waals surface area contributed by atoms with Crippen LogP contribution >= 0.6 is 11.6 Å². The molecule has 1 aromatic carbocycles. The summed E-state index contributed by atoms with van der Waals surface area (Å²) < 4.78 is 29.0. The van der Waals surface area contributed by atoms with Crippen molar-refractivity contribution in [2.24, 2.45) is 11.7 Å². The van der Waals surface area contributed by atoms with E-state index in [2.05, 4.69) is 4.72 Å². The molecular formula is C14H22ClN3O2S. The zero-order valence-electron chi connectivity index (χ0n) is 12.1. The molecule has 1 fully saturated rings. The van der Waals surface area contributed by atoms with Crippen molar-refractivity contribution in [1.29, 1.82) is 0 Å². The lowest BCUT2D eigenvalue weighted by Crippen LogP contribution is -2.46. The van der Waals surface area contributed by atoms with Crippen LogP contribution in [0.25, 0.3) is 0 Å². The predicted octanol–water partition coefficient (Wildman–Crippen LogP) is 1.91. The minimum Gasteiger partial charge on any atom is -0.330 e. The molecule has 1 unspecified atom stereocenters. The highest BCUT2D eigenvalue weighted by Crippen LogP contribution is 2.21. The van der Waals surface area contributed by atoms with Crippen LogP contribution in [0.3, 0.4) is 0 Å². The molecule has 0 aliphatic carbocycles. The van der Waals surface area contributed by atoms with Crippen molar-refractivity contribution in [2.45, 2.75) is 25.8 Å². The molecule has 1 aromatic rings. The Bertz CT molecular complexity index is 554. The van der Waals surface area contributed by atoms with Crippen LogP contribution < -0.4 is 10.5 Å². The summed E-state index contributed by atoms with van der Waals surface area (Å²) >= 11 is 5.84. The van der Waals surface area contributed by atoms with E-state index in [0.29, 0.717) is 30.6 Å². The van der Waals surface area contributed by atoms with Gasteiger partial charge in [-0.2, -0.15) is 17.4 Å². The van der Waals surface area contributed by atoms with Gasteiger partial charge in [-0.25, -0.2) is 0 Å². The number of rotatable bonds is 5. The summed E-state index contributed by atoms with van der Waals surface area (Å²) in [6, 6.07) is 6.88. The number of hydrogen-bond acceptors (Lipinski definition) is 3. The number of hydrogen-bond donors (Lipinski definition) is 2. The fraction of sp³-hybridized carbons (Fsp3) is 0.571. The molecule has 1 atom stereocenters. The summed E-state index contributed by atoms with van der Waals surface area (Å²) in [5, 5.41) is 0.637. The maximum atomic E-state index is 12.4. The summed E-state index contributed by atoms with van der Waals surface area (Å²) in [5.41, 5.74) is 6.52. The van der Waals surface area contributed by atoms with E-state index in [1.807, 2.05) is 19.1 Å². The first-order valence-electron chi connectivity index (χ1n) is 7.15. The van der Waals surface area contributed by atoms with Gasteiger partial charge in [0.1, 0.15) is 0 Å². The first kappa shape index (κ1) is 16.7. The third-order valence-corrected chi connectivity index (χ3v) is 5.89. The van der Waals surface area contributed by atoms with E-state index in [4.69, 9.17) is 17.3 Å². The normalized spacial score (nSPS) is 19.6. The second kappa shape index (κ2) is 7.07. The topological polar surface area (TPSA) is 75.4 Å². The highest BCUT2D eigenvalue weighted by atomic mass is 35.5. The van der Waals surface area contributed by atoms with Gasteiger partial charge < -0.3 is 5.73 Å². The Morgan fingerprint density at radius 1 is 1.33 bits per heavy atom. The lowest BCUT2D eigenvalue weighted by Gasteiger charge is -2.31. The molecule has 3 N–H and O–H groups in total. The third kappa shape index (κ3) is 4.40. The second-order valence-corrected chi connectivity index (χ2v) is 7.61. The first-order chi connectivity index (χ1) is 9.92. The summed E-state index contributed by atoms with van der Waals surface area (Å²) in [4.78, 5) is 0. The van der Waals surface area contributed by atoms with Crippen molar-refractivity contribution < 1.29 is 8.42 Å². The molecule has 1 saturated heterocycles. The van der Waals surface area contributed by atoms with Crippen molar-refractivity contribution in [3.05, 3.63) is 34.9 Å². The maximum Gasteiger partial charge on any atom is 0.279 e. The fourth-order valence-electron chi connectivity index (χ4n) is 2.50. The molecule has 0 spiro atoms. The number of nitrogens with zero attached hydrogens (tertiary/aromatic N) is 1. The first-order valence-corrected chi connectivity index (χ1v) is 8.97. The van der Waals surface area contributed by atoms with Crippen molar-refractivity contribution in [1.82, 2.24) is 9.03 Å². The van der Waals surface area contributed by atoms with Crippen LogP contribution in [0.1, 0.15) is 31.4 Å². The number of nitrogens with two attached hydrogens (primary N) is 1. The fourth-order valence-corrected chi connectivity index (χ4v) is 4.05. The van der Waals surface area contributed by atoms with E-state index in [0.717, 1.165) is 18.4 Å². The Morgan fingerprint density at radius 3 is 2.43 bits per heavy atom. The zero-order valence-corrected chi connectivity index (χ0v) is 13.7. The van der Waals surface area contributed by atoms with Gasteiger partial charge in [0.05, 0.1) is 0 Å². The summed E-state index contributed by atoms with van der Waals surface area (Å²) in [7, 11) is -3.46. The van der Waals surface area contributed by atoms with Crippen LogP contribution in [-0.4, -0.2) is 32.4 Å². The van der Waals surface area contributed by atoms with Gasteiger partial charge in [-0.3, -0.25) is 0 Å². The standard InChI is InChI=1S/C14H22ClN3O2S/c1-11(13-2-4-14(15)5-3-13)17-21(19,20)18-8-6-12(10-16)7-9-18/h2-5,11-12,17H,6-10,16H2,1H3. The predicted molar refractivity (Wildman–Crippen MR) is 85.3 cm³/mol. The summed E-state index contributed by atoms with van der Waals surface area (Å²) in [5.74, 6) is 0.435. The Balaban J connectivity index is 1.99. The van der Waals surface area contributed by atoms with Crippen LogP contribution in [-0.2, 0) is 10.2 Å². The van der Waals surface area contributed by atoms with Gasteiger partial charge >= 0.3 is 0 Å². The molecule has 0 aromatic heterocycles. The number of nitrogens with one attached hydrogen (secondary N) is 1. The van der Waals surface area contributed by atoms with Gasteiger partial charge in [0.25, 0.3) is 10.2 Å². The molecular weight excluding hydrogens is 310 g/mol. The van der Waals surface area contributed by atoms with E-state index in [9.17, 15) is 8.42 Å². The molecule has 0 amide bonds. The van der Waals surface area contributed by atoms with E-state index < -0.39 is 10.2 Å².